The van der Waals surface area contributed by atoms with Gasteiger partial charge in [-0.1, -0.05) is 23.7 Å². The molecule has 1 fully saturated rings. The van der Waals surface area contributed by atoms with Crippen LogP contribution >= 0.6 is 11.5 Å². The summed E-state index contributed by atoms with van der Waals surface area (Å²) in [6, 6.07) is 8.20. The van der Waals surface area contributed by atoms with E-state index >= 15 is 0 Å². The summed E-state index contributed by atoms with van der Waals surface area (Å²) in [5, 5.41) is 4.21. The number of nitrogens with zero attached hydrogens (tertiary/aromatic N) is 1. The number of benzene rings is 1. The molecule has 3 nitrogen and oxygen atoms in total. The SMILES string of the molecule is O=c1c2ccccc2sn1C1CCCNC1. The maximum Gasteiger partial charge on any atom is 0.268 e. The van der Waals surface area contributed by atoms with Crippen LogP contribution in [0.4, 0.5) is 0 Å². The zero-order valence-electron chi connectivity index (χ0n) is 8.98. The summed E-state index contributed by atoms with van der Waals surface area (Å²) in [4.78, 5) is 12.2. The minimum atomic E-state index is 0.175. The summed E-state index contributed by atoms with van der Waals surface area (Å²) in [6.07, 6.45) is 2.27. The van der Waals surface area contributed by atoms with E-state index in [1.165, 1.54) is 0 Å². The van der Waals surface area contributed by atoms with E-state index in [1.54, 1.807) is 11.5 Å². The van der Waals surface area contributed by atoms with Gasteiger partial charge in [0.1, 0.15) is 0 Å². The van der Waals surface area contributed by atoms with Crippen LogP contribution in [-0.2, 0) is 0 Å². The van der Waals surface area contributed by atoms with Crippen LogP contribution in [0, 0.1) is 0 Å². The molecule has 2 aromatic rings. The summed E-state index contributed by atoms with van der Waals surface area (Å²) in [6.45, 7) is 2.00. The predicted octanol–water partition coefficient (Wildman–Crippen LogP) is 1.99. The van der Waals surface area contributed by atoms with Crippen LogP contribution in [0.2, 0.25) is 0 Å². The van der Waals surface area contributed by atoms with Crippen molar-refractivity contribution in [2.45, 2.75) is 18.9 Å². The van der Waals surface area contributed by atoms with Crippen LogP contribution in [0.3, 0.4) is 0 Å². The molecule has 1 N–H and O–H groups in total. The molecule has 0 spiro atoms. The first-order valence-electron chi connectivity index (χ1n) is 5.67. The Morgan fingerprint density at radius 1 is 1.38 bits per heavy atom. The highest BCUT2D eigenvalue weighted by Crippen LogP contribution is 2.23. The van der Waals surface area contributed by atoms with Crippen LogP contribution in [-0.4, -0.2) is 17.0 Å². The van der Waals surface area contributed by atoms with E-state index in [0.29, 0.717) is 6.04 Å². The smallest absolute Gasteiger partial charge is 0.268 e. The lowest BCUT2D eigenvalue weighted by atomic mass is 10.1. The fourth-order valence-corrected chi connectivity index (χ4v) is 3.38. The summed E-state index contributed by atoms with van der Waals surface area (Å²) in [7, 11) is 0. The molecule has 2 heterocycles. The standard InChI is InChI=1S/C12H14N2OS/c15-12-10-5-1-2-6-11(10)16-14(12)9-4-3-7-13-8-9/h1-2,5-6,9,13H,3-4,7-8H2. The second-order valence-corrected chi connectivity index (χ2v) is 5.23. The van der Waals surface area contributed by atoms with Gasteiger partial charge in [-0.05, 0) is 31.5 Å². The van der Waals surface area contributed by atoms with Crippen LogP contribution in [0.15, 0.2) is 29.1 Å². The zero-order valence-corrected chi connectivity index (χ0v) is 9.80. The third-order valence-electron chi connectivity index (χ3n) is 3.12. The van der Waals surface area contributed by atoms with Gasteiger partial charge >= 0.3 is 0 Å². The lowest BCUT2D eigenvalue weighted by Gasteiger charge is -2.22. The Bertz CT molecular complexity index is 551. The molecule has 1 aliphatic rings. The number of aromatic nitrogens is 1. The first-order chi connectivity index (χ1) is 7.86. The number of hydrogen-bond acceptors (Lipinski definition) is 3. The minimum absolute atomic E-state index is 0.175. The lowest BCUT2D eigenvalue weighted by Crippen LogP contribution is -2.34. The Balaban J connectivity index is 2.09. The van der Waals surface area contributed by atoms with Gasteiger partial charge in [0.15, 0.2) is 0 Å². The van der Waals surface area contributed by atoms with Gasteiger partial charge in [-0.15, -0.1) is 0 Å². The van der Waals surface area contributed by atoms with E-state index in [0.717, 1.165) is 36.0 Å². The molecular formula is C12H14N2OS. The number of piperidine rings is 1. The van der Waals surface area contributed by atoms with Crippen molar-refractivity contribution >= 4 is 21.6 Å². The molecule has 16 heavy (non-hydrogen) atoms. The molecule has 84 valence electrons. The summed E-state index contributed by atoms with van der Waals surface area (Å²) < 4.78 is 3.04. The Morgan fingerprint density at radius 3 is 3.00 bits per heavy atom. The van der Waals surface area contributed by atoms with Crippen molar-refractivity contribution in [2.24, 2.45) is 0 Å². The molecule has 1 unspecified atom stereocenters. The first kappa shape index (κ1) is 10.1. The molecule has 0 amide bonds. The van der Waals surface area contributed by atoms with Crippen LogP contribution < -0.4 is 10.9 Å². The molecule has 4 heteroatoms. The average molecular weight is 234 g/mol. The second kappa shape index (κ2) is 4.03. The molecule has 1 atom stereocenters. The van der Waals surface area contributed by atoms with Crippen LogP contribution in [0.5, 0.6) is 0 Å². The maximum atomic E-state index is 12.2. The Morgan fingerprint density at radius 2 is 2.25 bits per heavy atom. The van der Waals surface area contributed by atoms with Gasteiger partial charge in [0, 0.05) is 6.54 Å². The van der Waals surface area contributed by atoms with Gasteiger partial charge in [0.2, 0.25) is 0 Å². The van der Waals surface area contributed by atoms with Crippen molar-refractivity contribution in [3.63, 3.8) is 0 Å². The van der Waals surface area contributed by atoms with E-state index in [1.807, 2.05) is 28.2 Å². The summed E-state index contributed by atoms with van der Waals surface area (Å²) in [5.74, 6) is 0. The first-order valence-corrected chi connectivity index (χ1v) is 6.45. The highest BCUT2D eigenvalue weighted by molar-refractivity contribution is 7.13. The molecule has 0 radical (unpaired) electrons. The quantitative estimate of drug-likeness (QED) is 0.818. The highest BCUT2D eigenvalue weighted by Gasteiger charge is 2.18. The van der Waals surface area contributed by atoms with Crippen LogP contribution in [0.25, 0.3) is 10.1 Å². The van der Waals surface area contributed by atoms with Crippen LogP contribution in [0.1, 0.15) is 18.9 Å². The fraction of sp³-hybridized carbons (Fsp3) is 0.417. The molecule has 1 aromatic heterocycles. The van der Waals surface area contributed by atoms with Gasteiger partial charge < -0.3 is 5.32 Å². The zero-order chi connectivity index (χ0) is 11.0. The molecule has 1 aliphatic heterocycles. The van der Waals surface area contributed by atoms with E-state index in [4.69, 9.17) is 0 Å². The molecule has 1 saturated heterocycles. The van der Waals surface area contributed by atoms with Crippen molar-refractivity contribution in [1.29, 1.82) is 0 Å². The molecular weight excluding hydrogens is 220 g/mol. The van der Waals surface area contributed by atoms with Gasteiger partial charge in [-0.25, -0.2) is 0 Å². The normalized spacial score (nSPS) is 21.4. The number of fused-ring (bicyclic) bond motifs is 1. The molecule has 1 aromatic carbocycles. The van der Waals surface area contributed by atoms with Crippen molar-refractivity contribution in [3.8, 4) is 0 Å². The third kappa shape index (κ3) is 1.58. The minimum Gasteiger partial charge on any atom is -0.315 e. The van der Waals surface area contributed by atoms with Crippen molar-refractivity contribution < 1.29 is 0 Å². The highest BCUT2D eigenvalue weighted by atomic mass is 32.1. The Kier molecular flexibility index (Phi) is 2.53. The largest absolute Gasteiger partial charge is 0.315 e. The van der Waals surface area contributed by atoms with Gasteiger partial charge in [-0.3, -0.25) is 8.75 Å². The van der Waals surface area contributed by atoms with Crippen molar-refractivity contribution in [3.05, 3.63) is 34.6 Å². The summed E-state index contributed by atoms with van der Waals surface area (Å²) >= 11 is 1.59. The van der Waals surface area contributed by atoms with Gasteiger partial charge in [-0.2, -0.15) is 0 Å². The Hall–Kier alpha value is -1.13. The van der Waals surface area contributed by atoms with Gasteiger partial charge in [0.25, 0.3) is 5.56 Å². The van der Waals surface area contributed by atoms with E-state index in [9.17, 15) is 4.79 Å². The monoisotopic (exact) mass is 234 g/mol. The molecule has 0 saturated carbocycles. The third-order valence-corrected chi connectivity index (χ3v) is 4.33. The van der Waals surface area contributed by atoms with Crippen molar-refractivity contribution in [1.82, 2.24) is 9.27 Å². The summed E-state index contributed by atoms with van der Waals surface area (Å²) in [5.41, 5.74) is 0.175. The van der Waals surface area contributed by atoms with Crippen molar-refractivity contribution in [2.75, 3.05) is 13.1 Å². The second-order valence-electron chi connectivity index (χ2n) is 4.22. The average Bonchev–Trinajstić information content (AvgIpc) is 2.69. The van der Waals surface area contributed by atoms with E-state index in [2.05, 4.69) is 5.32 Å². The fourth-order valence-electron chi connectivity index (χ4n) is 2.26. The topological polar surface area (TPSA) is 34.0 Å². The Labute approximate surface area is 97.9 Å². The number of rotatable bonds is 1. The predicted molar refractivity (Wildman–Crippen MR) is 67.2 cm³/mol. The van der Waals surface area contributed by atoms with Gasteiger partial charge in [0.05, 0.1) is 16.1 Å². The maximum absolute atomic E-state index is 12.2. The lowest BCUT2D eigenvalue weighted by molar-refractivity contribution is 0.384. The number of nitrogens with one attached hydrogen (secondary N) is 1. The number of hydrogen-bond donors (Lipinski definition) is 1. The van der Waals surface area contributed by atoms with E-state index < -0.39 is 0 Å². The molecule has 0 bridgehead atoms. The molecule has 0 aliphatic carbocycles. The van der Waals surface area contributed by atoms with E-state index in [-0.39, 0.29) is 5.56 Å². The molecule has 3 rings (SSSR count).